The average Bonchev–Trinajstić information content (AvgIpc) is 2.22. The first kappa shape index (κ1) is 12.6. The second-order valence-electron chi connectivity index (χ2n) is 3.54. The molecule has 1 aromatic rings. The fourth-order valence-corrected chi connectivity index (χ4v) is 1.60. The monoisotopic (exact) mass is 237 g/mol. The molecule has 0 aliphatic heterocycles. The van der Waals surface area contributed by atoms with Gasteiger partial charge in [-0.2, -0.15) is 0 Å². The molecular formula is C11H15N3OS. The number of aryl methyl sites for hydroxylation is 1. The first-order valence-corrected chi connectivity index (χ1v) is 5.47. The summed E-state index contributed by atoms with van der Waals surface area (Å²) in [4.78, 5) is 16.0. The van der Waals surface area contributed by atoms with Crippen LogP contribution in [0, 0.1) is 12.8 Å². The predicted octanol–water partition coefficient (Wildman–Crippen LogP) is 1.64. The summed E-state index contributed by atoms with van der Waals surface area (Å²) in [7, 11) is 0. The number of nitrogens with one attached hydrogen (secondary N) is 1. The van der Waals surface area contributed by atoms with Crippen molar-refractivity contribution in [2.24, 2.45) is 11.7 Å². The molecule has 1 unspecified atom stereocenters. The summed E-state index contributed by atoms with van der Waals surface area (Å²) in [5, 5.41) is 2.77. The lowest BCUT2D eigenvalue weighted by Crippen LogP contribution is -2.32. The number of nitrogens with two attached hydrogens (primary N) is 1. The zero-order valence-electron chi connectivity index (χ0n) is 9.36. The van der Waals surface area contributed by atoms with E-state index in [9.17, 15) is 4.79 Å². The van der Waals surface area contributed by atoms with Crippen molar-refractivity contribution in [3.05, 3.63) is 24.0 Å². The second kappa shape index (κ2) is 5.55. The number of amides is 1. The molecule has 1 aromatic heterocycles. The summed E-state index contributed by atoms with van der Waals surface area (Å²) in [6.07, 6.45) is 3.88. The summed E-state index contributed by atoms with van der Waals surface area (Å²) < 4.78 is 0. The van der Waals surface area contributed by atoms with E-state index < -0.39 is 5.92 Å². The van der Waals surface area contributed by atoms with Crippen molar-refractivity contribution in [1.29, 1.82) is 0 Å². The lowest BCUT2D eigenvalue weighted by Gasteiger charge is -2.14. The predicted molar refractivity (Wildman–Crippen MR) is 68.2 cm³/mol. The van der Waals surface area contributed by atoms with Crippen molar-refractivity contribution in [1.82, 2.24) is 4.98 Å². The lowest BCUT2D eigenvalue weighted by atomic mass is 10.1. The molecule has 1 rings (SSSR count). The Bertz CT molecular complexity index is 406. The Hall–Kier alpha value is -1.49. The molecule has 0 saturated carbocycles. The second-order valence-corrected chi connectivity index (χ2v) is 4.01. The number of hydrogen-bond acceptors (Lipinski definition) is 3. The number of carbonyl (C=O) groups excluding carboxylic acids is 1. The standard InChI is InChI=1S/C11H15N3OS/c1-3-8(10(12)16)11(15)14-9-6-13-5-4-7(9)2/h4-6,8H,3H2,1-2H3,(H2,12,16)(H,14,15). The van der Waals surface area contributed by atoms with Crippen molar-refractivity contribution in [3.63, 3.8) is 0 Å². The highest BCUT2D eigenvalue weighted by Crippen LogP contribution is 2.14. The van der Waals surface area contributed by atoms with Gasteiger partial charge in [0.1, 0.15) is 0 Å². The molecule has 0 spiro atoms. The molecule has 3 N–H and O–H groups in total. The van der Waals surface area contributed by atoms with Gasteiger partial charge in [0.25, 0.3) is 0 Å². The highest BCUT2D eigenvalue weighted by molar-refractivity contribution is 7.80. The Morgan fingerprint density at radius 3 is 2.88 bits per heavy atom. The van der Waals surface area contributed by atoms with E-state index >= 15 is 0 Å². The van der Waals surface area contributed by atoms with Gasteiger partial charge in [-0.25, -0.2) is 0 Å². The molecule has 0 aromatic carbocycles. The van der Waals surface area contributed by atoms with Gasteiger partial charge >= 0.3 is 0 Å². The van der Waals surface area contributed by atoms with Gasteiger partial charge in [-0.3, -0.25) is 9.78 Å². The summed E-state index contributed by atoms with van der Waals surface area (Å²) in [6.45, 7) is 3.78. The van der Waals surface area contributed by atoms with Crippen LogP contribution in [-0.4, -0.2) is 15.9 Å². The fraction of sp³-hybridized carbons (Fsp3) is 0.364. The molecule has 16 heavy (non-hydrogen) atoms. The van der Waals surface area contributed by atoms with Gasteiger partial charge in [-0.15, -0.1) is 0 Å². The number of carbonyl (C=O) groups is 1. The molecule has 86 valence electrons. The van der Waals surface area contributed by atoms with E-state index in [2.05, 4.69) is 10.3 Å². The van der Waals surface area contributed by atoms with Crippen LogP contribution in [0.15, 0.2) is 18.5 Å². The van der Waals surface area contributed by atoms with E-state index in [4.69, 9.17) is 18.0 Å². The molecule has 0 aliphatic rings. The third-order valence-corrected chi connectivity index (χ3v) is 2.65. The maximum Gasteiger partial charge on any atom is 0.234 e. The Kier molecular flexibility index (Phi) is 4.37. The van der Waals surface area contributed by atoms with Crippen LogP contribution in [0.5, 0.6) is 0 Å². The minimum absolute atomic E-state index is 0.175. The van der Waals surface area contributed by atoms with Gasteiger partial charge < -0.3 is 11.1 Å². The first-order valence-electron chi connectivity index (χ1n) is 5.07. The molecule has 0 bridgehead atoms. The first-order chi connectivity index (χ1) is 7.56. The topological polar surface area (TPSA) is 68.0 Å². The SMILES string of the molecule is CCC(C(=O)Nc1cnccc1C)C(N)=S. The summed E-state index contributed by atoms with van der Waals surface area (Å²) in [6, 6.07) is 1.83. The van der Waals surface area contributed by atoms with Crippen LogP contribution in [0.2, 0.25) is 0 Å². The van der Waals surface area contributed by atoms with Crippen LogP contribution >= 0.6 is 12.2 Å². The number of rotatable bonds is 4. The third kappa shape index (κ3) is 3.00. The minimum atomic E-state index is -0.422. The van der Waals surface area contributed by atoms with Gasteiger partial charge in [0.15, 0.2) is 0 Å². The van der Waals surface area contributed by atoms with Gasteiger partial charge in [-0.1, -0.05) is 19.1 Å². The highest BCUT2D eigenvalue weighted by atomic mass is 32.1. The van der Waals surface area contributed by atoms with Crippen LogP contribution < -0.4 is 11.1 Å². The van der Waals surface area contributed by atoms with Crippen molar-refractivity contribution < 1.29 is 4.79 Å². The number of hydrogen-bond donors (Lipinski definition) is 2. The molecule has 0 saturated heterocycles. The van der Waals surface area contributed by atoms with Crippen molar-refractivity contribution in [2.75, 3.05) is 5.32 Å². The van der Waals surface area contributed by atoms with E-state index in [1.54, 1.807) is 12.4 Å². The van der Waals surface area contributed by atoms with Crippen LogP contribution in [0.3, 0.4) is 0 Å². The number of anilines is 1. The van der Waals surface area contributed by atoms with Crippen LogP contribution in [0.25, 0.3) is 0 Å². The van der Waals surface area contributed by atoms with Gasteiger partial charge in [-0.05, 0) is 25.0 Å². The van der Waals surface area contributed by atoms with Crippen LogP contribution in [0.4, 0.5) is 5.69 Å². The minimum Gasteiger partial charge on any atom is -0.393 e. The lowest BCUT2D eigenvalue weighted by molar-refractivity contribution is -0.118. The number of aromatic nitrogens is 1. The van der Waals surface area contributed by atoms with Crippen molar-refractivity contribution in [3.8, 4) is 0 Å². The molecule has 1 heterocycles. The van der Waals surface area contributed by atoms with Crippen molar-refractivity contribution >= 4 is 28.8 Å². The Balaban J connectivity index is 2.78. The smallest absolute Gasteiger partial charge is 0.234 e. The summed E-state index contributed by atoms with van der Waals surface area (Å²) in [5.41, 5.74) is 7.15. The van der Waals surface area contributed by atoms with Crippen LogP contribution in [0.1, 0.15) is 18.9 Å². The van der Waals surface area contributed by atoms with E-state index in [0.717, 1.165) is 5.56 Å². The third-order valence-electron chi connectivity index (χ3n) is 2.37. The zero-order chi connectivity index (χ0) is 12.1. The molecule has 1 amide bonds. The van der Waals surface area contributed by atoms with E-state index in [1.807, 2.05) is 19.9 Å². The maximum absolute atomic E-state index is 11.8. The van der Waals surface area contributed by atoms with E-state index in [0.29, 0.717) is 12.1 Å². The van der Waals surface area contributed by atoms with Crippen molar-refractivity contribution in [2.45, 2.75) is 20.3 Å². The Morgan fingerprint density at radius 1 is 1.69 bits per heavy atom. The molecule has 1 atom stereocenters. The Labute approximate surface area is 100 Å². The van der Waals surface area contributed by atoms with Gasteiger partial charge in [0.05, 0.1) is 22.8 Å². The maximum atomic E-state index is 11.8. The van der Waals surface area contributed by atoms with E-state index in [-0.39, 0.29) is 10.9 Å². The van der Waals surface area contributed by atoms with Gasteiger partial charge in [0.2, 0.25) is 5.91 Å². The number of nitrogens with zero attached hydrogens (tertiary/aromatic N) is 1. The number of pyridine rings is 1. The van der Waals surface area contributed by atoms with Gasteiger partial charge in [0, 0.05) is 6.20 Å². The fourth-order valence-electron chi connectivity index (χ4n) is 1.33. The Morgan fingerprint density at radius 2 is 2.38 bits per heavy atom. The summed E-state index contributed by atoms with van der Waals surface area (Å²) in [5.74, 6) is -0.597. The highest BCUT2D eigenvalue weighted by Gasteiger charge is 2.19. The molecule has 0 fully saturated rings. The summed E-state index contributed by atoms with van der Waals surface area (Å²) >= 11 is 4.84. The largest absolute Gasteiger partial charge is 0.393 e. The number of thiocarbonyl (C=S) groups is 1. The molecule has 4 nitrogen and oxygen atoms in total. The normalized spacial score (nSPS) is 11.9. The zero-order valence-corrected chi connectivity index (χ0v) is 10.2. The van der Waals surface area contributed by atoms with Crippen LogP contribution in [-0.2, 0) is 4.79 Å². The quantitative estimate of drug-likeness (QED) is 0.781. The van der Waals surface area contributed by atoms with E-state index in [1.165, 1.54) is 0 Å². The molecule has 0 aliphatic carbocycles. The molecule has 0 radical (unpaired) electrons. The average molecular weight is 237 g/mol. The molecule has 5 heteroatoms. The molecular weight excluding hydrogens is 222 g/mol.